The molecule has 1 aromatic carbocycles. The van der Waals surface area contributed by atoms with E-state index >= 15 is 0 Å². The van der Waals surface area contributed by atoms with Crippen LogP contribution in [0.4, 0.5) is 19.3 Å². The molecule has 1 aliphatic rings. The lowest BCUT2D eigenvalue weighted by atomic mass is 10.2. The van der Waals surface area contributed by atoms with Crippen molar-refractivity contribution >= 4 is 17.7 Å². The fourth-order valence-electron chi connectivity index (χ4n) is 1.77. The van der Waals surface area contributed by atoms with E-state index in [-0.39, 0.29) is 25.4 Å². The molecule has 1 aliphatic heterocycles. The third kappa shape index (κ3) is 3.21. The zero-order chi connectivity index (χ0) is 14.7. The summed E-state index contributed by atoms with van der Waals surface area (Å²) in [6, 6.07) is 2.09. The average Bonchev–Trinajstić information content (AvgIpc) is 2.42. The topological polar surface area (TPSA) is 78.9 Å². The van der Waals surface area contributed by atoms with Crippen LogP contribution in [0.5, 0.6) is 0 Å². The van der Waals surface area contributed by atoms with Gasteiger partial charge in [-0.1, -0.05) is 0 Å². The van der Waals surface area contributed by atoms with E-state index in [0.717, 1.165) is 12.1 Å². The molecule has 8 heteroatoms. The Morgan fingerprint density at radius 3 is 2.80 bits per heavy atom. The van der Waals surface area contributed by atoms with Crippen LogP contribution in [0.1, 0.15) is 0 Å². The molecule has 1 unspecified atom stereocenters. The Morgan fingerprint density at radius 2 is 2.15 bits per heavy atom. The number of urea groups is 1. The van der Waals surface area contributed by atoms with Crippen LogP contribution in [0.25, 0.3) is 0 Å². The summed E-state index contributed by atoms with van der Waals surface area (Å²) in [5.41, 5.74) is -0.172. The van der Waals surface area contributed by atoms with Gasteiger partial charge in [0.05, 0.1) is 18.8 Å². The first-order valence-corrected chi connectivity index (χ1v) is 5.83. The van der Waals surface area contributed by atoms with Gasteiger partial charge >= 0.3 is 12.0 Å². The zero-order valence-corrected chi connectivity index (χ0v) is 10.3. The number of carboxylic acid groups (broad SMARTS) is 1. The number of aliphatic carboxylic acids is 1. The Balaban J connectivity index is 2.02. The van der Waals surface area contributed by atoms with Crippen molar-refractivity contribution in [3.05, 3.63) is 29.8 Å². The molecule has 0 aliphatic carbocycles. The number of rotatable bonds is 2. The first-order chi connectivity index (χ1) is 9.47. The van der Waals surface area contributed by atoms with Crippen molar-refractivity contribution in [2.45, 2.75) is 6.10 Å². The lowest BCUT2D eigenvalue weighted by Gasteiger charge is -2.30. The molecule has 2 N–H and O–H groups in total. The summed E-state index contributed by atoms with van der Waals surface area (Å²) in [4.78, 5) is 23.9. The second-order valence-electron chi connectivity index (χ2n) is 4.20. The highest BCUT2D eigenvalue weighted by molar-refractivity contribution is 5.90. The fraction of sp³-hybridized carbons (Fsp3) is 0.333. The number of nitrogens with zero attached hydrogens (tertiary/aromatic N) is 1. The summed E-state index contributed by atoms with van der Waals surface area (Å²) in [5.74, 6) is -2.82. The van der Waals surface area contributed by atoms with Crippen LogP contribution in [-0.2, 0) is 9.53 Å². The maximum absolute atomic E-state index is 13.4. The highest BCUT2D eigenvalue weighted by atomic mass is 19.1. The third-order valence-electron chi connectivity index (χ3n) is 2.80. The summed E-state index contributed by atoms with van der Waals surface area (Å²) >= 11 is 0. The zero-order valence-electron chi connectivity index (χ0n) is 10.3. The summed E-state index contributed by atoms with van der Waals surface area (Å²) in [6.45, 7) is 0.138. The highest BCUT2D eigenvalue weighted by Crippen LogP contribution is 2.16. The minimum absolute atomic E-state index is 0.0796. The number of halogens is 2. The van der Waals surface area contributed by atoms with Gasteiger partial charge in [-0.25, -0.2) is 18.4 Å². The molecule has 0 bridgehead atoms. The smallest absolute Gasteiger partial charge is 0.334 e. The number of hydrogen-bond acceptors (Lipinski definition) is 3. The van der Waals surface area contributed by atoms with Crippen molar-refractivity contribution in [1.29, 1.82) is 0 Å². The van der Waals surface area contributed by atoms with Crippen molar-refractivity contribution in [2.75, 3.05) is 25.0 Å². The van der Waals surface area contributed by atoms with Crippen molar-refractivity contribution < 1.29 is 28.2 Å². The van der Waals surface area contributed by atoms with Gasteiger partial charge in [0, 0.05) is 12.6 Å². The molecule has 20 heavy (non-hydrogen) atoms. The largest absolute Gasteiger partial charge is 0.479 e. The van der Waals surface area contributed by atoms with E-state index in [2.05, 4.69) is 5.32 Å². The maximum atomic E-state index is 13.4. The number of ether oxygens (including phenoxy) is 1. The van der Waals surface area contributed by atoms with Gasteiger partial charge in [-0.05, 0) is 12.1 Å². The summed E-state index contributed by atoms with van der Waals surface area (Å²) in [6.07, 6.45) is -1.10. The molecular formula is C12H12F2N2O4. The molecular weight excluding hydrogens is 274 g/mol. The Morgan fingerprint density at radius 1 is 1.40 bits per heavy atom. The Bertz CT molecular complexity index is 538. The van der Waals surface area contributed by atoms with Crippen molar-refractivity contribution in [2.24, 2.45) is 0 Å². The Hall–Kier alpha value is -2.22. The van der Waals surface area contributed by atoms with Crippen molar-refractivity contribution in [1.82, 2.24) is 4.90 Å². The number of nitrogens with one attached hydrogen (secondary N) is 1. The van der Waals surface area contributed by atoms with Gasteiger partial charge in [0.25, 0.3) is 0 Å². The highest BCUT2D eigenvalue weighted by Gasteiger charge is 2.29. The van der Waals surface area contributed by atoms with Crippen LogP contribution >= 0.6 is 0 Å². The van der Waals surface area contributed by atoms with Crippen LogP contribution in [0.15, 0.2) is 18.2 Å². The van der Waals surface area contributed by atoms with E-state index in [0.29, 0.717) is 6.07 Å². The van der Waals surface area contributed by atoms with Crippen molar-refractivity contribution in [3.63, 3.8) is 0 Å². The van der Waals surface area contributed by atoms with E-state index in [4.69, 9.17) is 9.84 Å². The SMILES string of the molecule is O=C(O)C1CN(C(=O)Nc2ccc(F)cc2F)CCO1. The third-order valence-corrected chi connectivity index (χ3v) is 2.80. The second-order valence-corrected chi connectivity index (χ2v) is 4.20. The monoisotopic (exact) mass is 286 g/mol. The molecule has 1 saturated heterocycles. The molecule has 108 valence electrons. The number of benzene rings is 1. The molecule has 0 aromatic heterocycles. The summed E-state index contributed by atoms with van der Waals surface area (Å²) in [7, 11) is 0. The predicted octanol–water partition coefficient (Wildman–Crippen LogP) is 1.28. The number of morpholine rings is 1. The van der Waals surface area contributed by atoms with Crippen LogP contribution in [0.3, 0.4) is 0 Å². The van der Waals surface area contributed by atoms with Gasteiger partial charge < -0.3 is 20.1 Å². The number of carbonyl (C=O) groups excluding carboxylic acids is 1. The minimum atomic E-state index is -1.17. The number of carboxylic acids is 1. The van der Waals surface area contributed by atoms with Gasteiger partial charge in [-0.3, -0.25) is 0 Å². The summed E-state index contributed by atoms with van der Waals surface area (Å²) in [5, 5.41) is 11.1. The number of anilines is 1. The second kappa shape index (κ2) is 5.83. The quantitative estimate of drug-likeness (QED) is 0.858. The Kier molecular flexibility index (Phi) is 4.14. The van der Waals surface area contributed by atoms with Crippen LogP contribution in [0, 0.1) is 11.6 Å². The molecule has 0 saturated carbocycles. The predicted molar refractivity (Wildman–Crippen MR) is 64.3 cm³/mol. The van der Waals surface area contributed by atoms with E-state index in [1.165, 1.54) is 4.90 Å². The molecule has 1 fully saturated rings. The molecule has 1 heterocycles. The van der Waals surface area contributed by atoms with Gasteiger partial charge in [0.15, 0.2) is 6.10 Å². The molecule has 2 amide bonds. The lowest BCUT2D eigenvalue weighted by Crippen LogP contribution is -2.50. The van der Waals surface area contributed by atoms with Crippen LogP contribution in [0.2, 0.25) is 0 Å². The standard InChI is InChI=1S/C12H12F2N2O4/c13-7-1-2-9(8(14)5-7)15-12(19)16-3-4-20-10(6-16)11(17)18/h1-2,5,10H,3-4,6H2,(H,15,19)(H,17,18). The van der Waals surface area contributed by atoms with Crippen molar-refractivity contribution in [3.8, 4) is 0 Å². The number of amides is 2. The minimum Gasteiger partial charge on any atom is -0.479 e. The van der Waals surface area contributed by atoms with E-state index < -0.39 is 29.7 Å². The van der Waals surface area contributed by atoms with Crippen LogP contribution in [-0.4, -0.2) is 47.8 Å². The summed E-state index contributed by atoms with van der Waals surface area (Å²) < 4.78 is 31.1. The molecule has 2 rings (SSSR count). The normalized spacial score (nSPS) is 18.7. The van der Waals surface area contributed by atoms with Gasteiger partial charge in [-0.2, -0.15) is 0 Å². The van der Waals surface area contributed by atoms with Gasteiger partial charge in [0.1, 0.15) is 11.6 Å². The molecule has 1 aromatic rings. The molecule has 6 nitrogen and oxygen atoms in total. The van der Waals surface area contributed by atoms with Gasteiger partial charge in [-0.15, -0.1) is 0 Å². The Labute approximate surface area is 112 Å². The molecule has 1 atom stereocenters. The lowest BCUT2D eigenvalue weighted by molar-refractivity contribution is -0.154. The first kappa shape index (κ1) is 14.2. The van der Waals surface area contributed by atoms with E-state index in [9.17, 15) is 18.4 Å². The number of hydrogen-bond donors (Lipinski definition) is 2. The average molecular weight is 286 g/mol. The van der Waals surface area contributed by atoms with E-state index in [1.807, 2.05) is 0 Å². The van der Waals surface area contributed by atoms with E-state index in [1.54, 1.807) is 0 Å². The fourth-order valence-corrected chi connectivity index (χ4v) is 1.77. The number of carbonyl (C=O) groups is 2. The first-order valence-electron chi connectivity index (χ1n) is 5.83. The van der Waals surface area contributed by atoms with Crippen LogP contribution < -0.4 is 5.32 Å². The van der Waals surface area contributed by atoms with Gasteiger partial charge in [0.2, 0.25) is 0 Å². The molecule has 0 spiro atoms. The molecule has 0 radical (unpaired) electrons. The maximum Gasteiger partial charge on any atom is 0.334 e.